The van der Waals surface area contributed by atoms with Gasteiger partial charge in [0.15, 0.2) is 6.40 Å². The predicted octanol–water partition coefficient (Wildman–Crippen LogP) is 10.2. The first kappa shape index (κ1) is 46.7. The minimum Gasteiger partial charge on any atom is -0.483 e. The molecule has 64 heavy (non-hydrogen) atoms. The van der Waals surface area contributed by atoms with Gasteiger partial charge in [0.1, 0.15) is 17.6 Å². The van der Waals surface area contributed by atoms with Crippen molar-refractivity contribution in [3.63, 3.8) is 0 Å². The van der Waals surface area contributed by atoms with E-state index in [1.54, 1.807) is 97.2 Å². The molecule has 0 saturated carbocycles. The van der Waals surface area contributed by atoms with Gasteiger partial charge in [-0.1, -0.05) is 155 Å². The van der Waals surface area contributed by atoms with E-state index in [1.807, 2.05) is 24.3 Å². The quantitative estimate of drug-likeness (QED) is 0.00722. The molecule has 1 heterocycles. The zero-order valence-electron chi connectivity index (χ0n) is 35.2. The highest BCUT2D eigenvalue weighted by Crippen LogP contribution is 2.37. The Labute approximate surface area is 368 Å². The highest BCUT2D eigenvalue weighted by atomic mass is 19.2. The molecule has 3 N–H and O–H groups in total. The van der Waals surface area contributed by atoms with E-state index >= 15 is 0 Å². The van der Waals surface area contributed by atoms with Crippen molar-refractivity contribution in [1.29, 1.82) is 0 Å². The molecule has 6 aromatic rings. The van der Waals surface area contributed by atoms with Crippen LogP contribution in [0.15, 0.2) is 126 Å². The van der Waals surface area contributed by atoms with Crippen LogP contribution in [0.2, 0.25) is 0 Å². The van der Waals surface area contributed by atoms with E-state index in [0.29, 0.717) is 28.9 Å². The molecule has 0 aliphatic rings. The molecular formula is C50H49F5N4O5. The van der Waals surface area contributed by atoms with Gasteiger partial charge in [-0.2, -0.15) is 8.78 Å². The van der Waals surface area contributed by atoms with E-state index in [0.717, 1.165) is 55.8 Å². The zero-order chi connectivity index (χ0) is 45.5. The Morgan fingerprint density at radius 1 is 0.688 bits per heavy atom. The first-order chi connectivity index (χ1) is 31.0. The number of carbonyl (C=O) groups excluding carboxylic acids is 3. The van der Waals surface area contributed by atoms with Gasteiger partial charge in [-0.05, 0) is 34.7 Å². The largest absolute Gasteiger partial charge is 0.483 e. The maximum absolute atomic E-state index is 14.9. The topological polar surface area (TPSA) is 122 Å². The Balaban J connectivity index is 1.33. The van der Waals surface area contributed by atoms with Crippen LogP contribution >= 0.6 is 0 Å². The standard InChI is InChI=1S/C50H49F5N4O5/c1-2-3-4-5-6-7-19-28-63-32-57-39(29-33-31-56-38-27-18-17-26-37(33)38)48(61)58-40(49(62)64-47-45(54)43(52)42(51)44(53)46(47)55)30-41(60)59-50(34-20-11-8-12-21-34,35-22-13-9-14-23-35)36-24-15-10-16-25-36/h8-18,20-27,31-32,39-40,56H,2-7,19,28-30H2,1H3,(H,58,61)(H,59,60)/t39-,40-/m1/s1. The van der Waals surface area contributed by atoms with E-state index in [9.17, 15) is 36.3 Å². The number of nitrogens with zero attached hydrogens (tertiary/aromatic N) is 1. The minimum absolute atomic E-state index is 0.0438. The summed E-state index contributed by atoms with van der Waals surface area (Å²) in [5, 5.41) is 6.26. The first-order valence-corrected chi connectivity index (χ1v) is 21.2. The van der Waals surface area contributed by atoms with E-state index < -0.39 is 76.7 Å². The van der Waals surface area contributed by atoms with Crippen molar-refractivity contribution in [2.24, 2.45) is 4.99 Å². The van der Waals surface area contributed by atoms with Crippen LogP contribution in [-0.2, 0) is 31.1 Å². The molecule has 0 aliphatic carbocycles. The molecule has 0 radical (unpaired) electrons. The monoisotopic (exact) mass is 880 g/mol. The summed E-state index contributed by atoms with van der Waals surface area (Å²) >= 11 is 0. The van der Waals surface area contributed by atoms with Crippen LogP contribution in [0.5, 0.6) is 5.75 Å². The Kier molecular flexibility index (Phi) is 16.4. The molecule has 334 valence electrons. The number of aromatic nitrogens is 1. The van der Waals surface area contributed by atoms with Gasteiger partial charge < -0.3 is 25.1 Å². The summed E-state index contributed by atoms with van der Waals surface area (Å²) < 4.78 is 83.0. The number of para-hydroxylation sites is 1. The Hall–Kier alpha value is -6.83. The predicted molar refractivity (Wildman–Crippen MR) is 234 cm³/mol. The second-order valence-electron chi connectivity index (χ2n) is 15.3. The number of aliphatic imine (C=N–C) groups is 1. The second-order valence-corrected chi connectivity index (χ2v) is 15.3. The molecule has 0 bridgehead atoms. The number of hydrogen-bond acceptors (Lipinski definition) is 6. The summed E-state index contributed by atoms with van der Waals surface area (Å²) in [6, 6.07) is 30.8. The fraction of sp³-hybridized carbons (Fsp3) is 0.280. The fourth-order valence-corrected chi connectivity index (χ4v) is 7.57. The highest BCUT2D eigenvalue weighted by Gasteiger charge is 2.40. The second kappa shape index (κ2) is 22.5. The molecule has 2 atom stereocenters. The maximum Gasteiger partial charge on any atom is 0.334 e. The van der Waals surface area contributed by atoms with Crippen LogP contribution < -0.4 is 15.4 Å². The van der Waals surface area contributed by atoms with Crippen LogP contribution in [0.25, 0.3) is 10.9 Å². The smallest absolute Gasteiger partial charge is 0.334 e. The molecule has 0 spiro atoms. The van der Waals surface area contributed by atoms with Crippen molar-refractivity contribution in [2.75, 3.05) is 6.61 Å². The van der Waals surface area contributed by atoms with Gasteiger partial charge in [0.25, 0.3) is 0 Å². The van der Waals surface area contributed by atoms with Gasteiger partial charge in [-0.15, -0.1) is 0 Å². The third-order valence-corrected chi connectivity index (χ3v) is 10.9. The molecule has 0 saturated heterocycles. The number of esters is 1. The van der Waals surface area contributed by atoms with Crippen LogP contribution in [0, 0.1) is 29.1 Å². The summed E-state index contributed by atoms with van der Waals surface area (Å²) in [7, 11) is 0. The number of amides is 2. The lowest BCUT2D eigenvalue weighted by atomic mass is 9.77. The van der Waals surface area contributed by atoms with Crippen molar-refractivity contribution in [1.82, 2.24) is 15.6 Å². The van der Waals surface area contributed by atoms with Gasteiger partial charge in [0.2, 0.25) is 46.6 Å². The summed E-state index contributed by atoms with van der Waals surface area (Å²) in [5.41, 5.74) is 1.85. The Morgan fingerprint density at radius 3 is 1.78 bits per heavy atom. The van der Waals surface area contributed by atoms with Gasteiger partial charge in [-0.25, -0.2) is 23.0 Å². The van der Waals surface area contributed by atoms with Gasteiger partial charge in [0.05, 0.1) is 13.0 Å². The van der Waals surface area contributed by atoms with Crippen molar-refractivity contribution in [2.45, 2.75) is 82.3 Å². The number of carbonyl (C=O) groups is 3. The average Bonchev–Trinajstić information content (AvgIpc) is 3.74. The first-order valence-electron chi connectivity index (χ1n) is 21.2. The fourth-order valence-electron chi connectivity index (χ4n) is 7.57. The van der Waals surface area contributed by atoms with Gasteiger partial charge in [0, 0.05) is 23.5 Å². The molecule has 6 rings (SSSR count). The summed E-state index contributed by atoms with van der Waals surface area (Å²) in [5.74, 6) is -17.4. The summed E-state index contributed by atoms with van der Waals surface area (Å²) in [4.78, 5) is 50.4. The van der Waals surface area contributed by atoms with E-state index in [2.05, 4.69) is 27.5 Å². The highest BCUT2D eigenvalue weighted by molar-refractivity contribution is 5.93. The van der Waals surface area contributed by atoms with Crippen molar-refractivity contribution in [3.05, 3.63) is 173 Å². The summed E-state index contributed by atoms with van der Waals surface area (Å²) in [6.07, 6.45) is 9.19. The molecule has 5 aromatic carbocycles. The third kappa shape index (κ3) is 11.2. The third-order valence-electron chi connectivity index (χ3n) is 10.9. The molecule has 0 fully saturated rings. The Morgan fingerprint density at radius 2 is 1.20 bits per heavy atom. The van der Waals surface area contributed by atoms with E-state index in [4.69, 9.17) is 9.47 Å². The van der Waals surface area contributed by atoms with E-state index in [1.165, 1.54) is 6.42 Å². The maximum atomic E-state index is 14.9. The normalized spacial score (nSPS) is 12.5. The van der Waals surface area contributed by atoms with Crippen LogP contribution in [0.1, 0.15) is 80.5 Å². The number of fused-ring (bicyclic) bond motifs is 1. The number of rotatable bonds is 22. The molecule has 1 aromatic heterocycles. The summed E-state index contributed by atoms with van der Waals surface area (Å²) in [6.45, 7) is 2.47. The average molecular weight is 881 g/mol. The van der Waals surface area contributed by atoms with Crippen molar-refractivity contribution < 1.29 is 45.8 Å². The number of aromatic amines is 1. The number of ether oxygens (including phenoxy) is 2. The van der Waals surface area contributed by atoms with Crippen LogP contribution in [0.3, 0.4) is 0 Å². The Bertz CT molecular complexity index is 2390. The lowest BCUT2D eigenvalue weighted by molar-refractivity contribution is -0.142. The molecule has 9 nitrogen and oxygen atoms in total. The molecule has 0 aliphatic heterocycles. The van der Waals surface area contributed by atoms with Crippen molar-refractivity contribution in [3.8, 4) is 5.75 Å². The molecule has 14 heteroatoms. The number of hydrogen-bond donors (Lipinski definition) is 3. The lowest BCUT2D eigenvalue weighted by Gasteiger charge is -2.37. The molecular weight excluding hydrogens is 832 g/mol. The number of benzene rings is 5. The zero-order valence-corrected chi connectivity index (χ0v) is 35.2. The number of unbranched alkanes of at least 4 members (excludes halogenated alkanes) is 6. The number of halogens is 5. The number of H-pyrrole nitrogens is 1. The number of nitrogens with one attached hydrogen (secondary N) is 3. The van der Waals surface area contributed by atoms with Crippen molar-refractivity contribution >= 4 is 35.1 Å². The van der Waals surface area contributed by atoms with Gasteiger partial charge >= 0.3 is 5.97 Å². The molecule has 0 unspecified atom stereocenters. The lowest BCUT2D eigenvalue weighted by Crippen LogP contribution is -2.53. The van der Waals surface area contributed by atoms with Crippen LogP contribution in [0.4, 0.5) is 22.0 Å². The van der Waals surface area contributed by atoms with Gasteiger partial charge in [-0.3, -0.25) is 9.59 Å². The SMILES string of the molecule is CCCCCCCCCOC=N[C@H](Cc1c[nH]c2ccccc12)C(=O)N[C@H](CC(=O)NC(c1ccccc1)(c1ccccc1)c1ccccc1)C(=O)Oc1c(F)c(F)c(F)c(F)c1F. The van der Waals surface area contributed by atoms with Crippen LogP contribution in [-0.4, -0.2) is 47.9 Å². The minimum atomic E-state index is -2.47. The van der Waals surface area contributed by atoms with E-state index in [-0.39, 0.29) is 6.42 Å². The molecule has 2 amide bonds.